The molecule has 0 aromatic carbocycles. The van der Waals surface area contributed by atoms with Crippen molar-refractivity contribution in [2.45, 2.75) is 18.5 Å². The predicted octanol–water partition coefficient (Wildman–Crippen LogP) is -1.39. The zero-order valence-electron chi connectivity index (χ0n) is 3.92. The fourth-order valence-electron chi connectivity index (χ4n) is 0.574. The summed E-state index contributed by atoms with van der Waals surface area (Å²) in [6, 6.07) is -0.424. The van der Waals surface area contributed by atoms with Gasteiger partial charge >= 0.3 is 0 Å². The van der Waals surface area contributed by atoms with Crippen LogP contribution in [0.4, 0.5) is 0 Å². The van der Waals surface area contributed by atoms with Crippen LogP contribution in [-0.2, 0) is 4.79 Å². The summed E-state index contributed by atoms with van der Waals surface area (Å²) in [5.74, 6) is 0.0903. The Morgan fingerprint density at radius 1 is 1.57 bits per heavy atom. The van der Waals surface area contributed by atoms with Gasteiger partial charge in [0.15, 0.2) is 5.78 Å². The Labute approximate surface area is 41.7 Å². The van der Waals surface area contributed by atoms with Gasteiger partial charge in [-0.25, -0.2) is 0 Å². The number of hydrogen-bond donors (Lipinski definition) is 2. The highest BCUT2D eigenvalue weighted by Gasteiger charge is 2.32. The second-order valence-corrected chi connectivity index (χ2v) is 1.86. The minimum absolute atomic E-state index is 0.0625. The number of hydrogen-bond acceptors (Lipinski definition) is 3. The van der Waals surface area contributed by atoms with E-state index in [4.69, 9.17) is 11.5 Å². The maximum Gasteiger partial charge on any atom is 0.152 e. The Kier molecular flexibility index (Phi) is 0.867. The van der Waals surface area contributed by atoms with E-state index in [9.17, 15) is 4.79 Å². The summed E-state index contributed by atoms with van der Waals surface area (Å²) < 4.78 is 0. The van der Waals surface area contributed by atoms with Gasteiger partial charge in [0.25, 0.3) is 0 Å². The largest absolute Gasteiger partial charge is 0.326 e. The lowest BCUT2D eigenvalue weighted by Gasteiger charge is -2.27. The van der Waals surface area contributed by atoms with Crippen LogP contribution in [0.5, 0.6) is 0 Å². The van der Waals surface area contributed by atoms with E-state index in [-0.39, 0.29) is 17.9 Å². The molecular weight excluding hydrogens is 92.1 g/mol. The molecule has 0 bridgehead atoms. The van der Waals surface area contributed by atoms with E-state index in [1.54, 1.807) is 0 Å². The van der Waals surface area contributed by atoms with Crippen LogP contribution in [0.1, 0.15) is 6.42 Å². The molecule has 0 radical (unpaired) electrons. The van der Waals surface area contributed by atoms with Crippen LogP contribution in [-0.4, -0.2) is 17.9 Å². The lowest BCUT2D eigenvalue weighted by atomic mass is 9.87. The first-order valence-electron chi connectivity index (χ1n) is 2.25. The maximum atomic E-state index is 10.2. The number of nitrogens with two attached hydrogens (primary N) is 2. The van der Waals surface area contributed by atoms with Crippen molar-refractivity contribution in [1.29, 1.82) is 0 Å². The SMILES string of the molecule is N[C@H]1CC(=O)[C@@H]1N. The summed E-state index contributed by atoms with van der Waals surface area (Å²) >= 11 is 0. The van der Waals surface area contributed by atoms with E-state index in [2.05, 4.69) is 0 Å². The van der Waals surface area contributed by atoms with Crippen LogP contribution in [0.2, 0.25) is 0 Å². The Balaban J connectivity index is 2.43. The van der Waals surface area contributed by atoms with E-state index >= 15 is 0 Å². The van der Waals surface area contributed by atoms with Gasteiger partial charge in [-0.3, -0.25) is 4.79 Å². The molecule has 0 aliphatic heterocycles. The van der Waals surface area contributed by atoms with Gasteiger partial charge in [0.2, 0.25) is 0 Å². The van der Waals surface area contributed by atoms with Crippen molar-refractivity contribution in [2.75, 3.05) is 0 Å². The van der Waals surface area contributed by atoms with Crippen LogP contribution in [0, 0.1) is 0 Å². The molecule has 0 amide bonds. The summed E-state index contributed by atoms with van der Waals surface area (Å²) in [5, 5.41) is 0. The van der Waals surface area contributed by atoms with E-state index in [1.165, 1.54) is 0 Å². The molecule has 0 unspecified atom stereocenters. The molecule has 0 aromatic heterocycles. The molecule has 4 N–H and O–H groups in total. The number of ketones is 1. The second kappa shape index (κ2) is 1.28. The fraction of sp³-hybridized carbons (Fsp3) is 0.750. The van der Waals surface area contributed by atoms with Crippen molar-refractivity contribution < 1.29 is 4.79 Å². The standard InChI is InChI=1S/C4H8N2O/c5-2-1-3(7)4(2)6/h2,4H,1,5-6H2/t2-,4+/m0/s1. The highest BCUT2D eigenvalue weighted by molar-refractivity contribution is 5.91. The molecule has 1 aliphatic carbocycles. The van der Waals surface area contributed by atoms with Gasteiger partial charge in [-0.15, -0.1) is 0 Å². The highest BCUT2D eigenvalue weighted by Crippen LogP contribution is 2.09. The molecule has 1 fully saturated rings. The molecule has 0 aromatic rings. The minimum Gasteiger partial charge on any atom is -0.326 e. The van der Waals surface area contributed by atoms with Crippen molar-refractivity contribution in [1.82, 2.24) is 0 Å². The van der Waals surface area contributed by atoms with Gasteiger partial charge in [0.05, 0.1) is 6.04 Å². The Morgan fingerprint density at radius 2 is 2.14 bits per heavy atom. The van der Waals surface area contributed by atoms with Gasteiger partial charge in [-0.2, -0.15) is 0 Å². The summed E-state index contributed by atoms with van der Waals surface area (Å²) in [6.45, 7) is 0. The number of carbonyl (C=O) groups excluding carboxylic acids is 1. The van der Waals surface area contributed by atoms with Gasteiger partial charge in [0, 0.05) is 12.5 Å². The zero-order valence-corrected chi connectivity index (χ0v) is 3.92. The molecule has 40 valence electrons. The Morgan fingerprint density at radius 3 is 2.14 bits per heavy atom. The first-order chi connectivity index (χ1) is 3.22. The molecule has 1 aliphatic rings. The average molecular weight is 100 g/mol. The van der Waals surface area contributed by atoms with Gasteiger partial charge < -0.3 is 11.5 Å². The normalized spacial score (nSPS) is 40.6. The van der Waals surface area contributed by atoms with E-state index < -0.39 is 0 Å². The van der Waals surface area contributed by atoms with E-state index in [0.717, 1.165) is 0 Å². The molecule has 3 heteroatoms. The van der Waals surface area contributed by atoms with Crippen molar-refractivity contribution in [2.24, 2.45) is 11.5 Å². The maximum absolute atomic E-state index is 10.2. The Bertz CT molecular complexity index is 102. The third kappa shape index (κ3) is 0.536. The van der Waals surface area contributed by atoms with Gasteiger partial charge in [-0.1, -0.05) is 0 Å². The molecular formula is C4H8N2O. The summed E-state index contributed by atoms with van der Waals surface area (Å²) in [7, 11) is 0. The number of rotatable bonds is 0. The molecule has 0 saturated heterocycles. The monoisotopic (exact) mass is 100 g/mol. The van der Waals surface area contributed by atoms with Crippen molar-refractivity contribution in [3.8, 4) is 0 Å². The van der Waals surface area contributed by atoms with Crippen molar-refractivity contribution in [3.05, 3.63) is 0 Å². The van der Waals surface area contributed by atoms with Gasteiger partial charge in [-0.05, 0) is 0 Å². The zero-order chi connectivity index (χ0) is 5.44. The highest BCUT2D eigenvalue weighted by atomic mass is 16.1. The molecule has 3 nitrogen and oxygen atoms in total. The van der Waals surface area contributed by atoms with Crippen LogP contribution < -0.4 is 11.5 Å². The quantitative estimate of drug-likeness (QED) is 0.394. The molecule has 7 heavy (non-hydrogen) atoms. The molecule has 1 saturated carbocycles. The summed E-state index contributed by atoms with van der Waals surface area (Å²) in [5.41, 5.74) is 10.5. The second-order valence-electron chi connectivity index (χ2n) is 1.86. The topological polar surface area (TPSA) is 69.1 Å². The molecule has 1 rings (SSSR count). The van der Waals surface area contributed by atoms with Crippen LogP contribution >= 0.6 is 0 Å². The first kappa shape index (κ1) is 4.74. The molecule has 0 heterocycles. The number of Topliss-reactive ketones (excluding diaryl/α,β-unsaturated/α-hetero) is 1. The molecule has 2 atom stereocenters. The summed E-state index contributed by atoms with van der Waals surface area (Å²) in [4.78, 5) is 10.2. The van der Waals surface area contributed by atoms with E-state index in [1.807, 2.05) is 0 Å². The predicted molar refractivity (Wildman–Crippen MR) is 25.6 cm³/mol. The smallest absolute Gasteiger partial charge is 0.152 e. The van der Waals surface area contributed by atoms with Gasteiger partial charge in [0.1, 0.15) is 0 Å². The summed E-state index contributed by atoms with van der Waals surface area (Å²) in [6.07, 6.45) is 0.473. The van der Waals surface area contributed by atoms with Crippen LogP contribution in [0.25, 0.3) is 0 Å². The Hall–Kier alpha value is -0.410. The van der Waals surface area contributed by atoms with Crippen molar-refractivity contribution in [3.63, 3.8) is 0 Å². The van der Waals surface area contributed by atoms with Crippen molar-refractivity contribution >= 4 is 5.78 Å². The first-order valence-corrected chi connectivity index (χ1v) is 2.25. The van der Waals surface area contributed by atoms with Crippen LogP contribution in [0.15, 0.2) is 0 Å². The van der Waals surface area contributed by atoms with Crippen LogP contribution in [0.3, 0.4) is 0 Å². The fourth-order valence-corrected chi connectivity index (χ4v) is 0.574. The third-order valence-electron chi connectivity index (χ3n) is 1.27. The minimum atomic E-state index is -0.361. The van der Waals surface area contributed by atoms with E-state index in [0.29, 0.717) is 6.42 Å². The number of carbonyl (C=O) groups is 1. The lowest BCUT2D eigenvalue weighted by Crippen LogP contribution is -2.57. The molecule has 0 spiro atoms. The average Bonchev–Trinajstić information content (AvgIpc) is 1.68. The third-order valence-corrected chi connectivity index (χ3v) is 1.27. The lowest BCUT2D eigenvalue weighted by molar-refractivity contribution is -0.126.